The van der Waals surface area contributed by atoms with Crippen LogP contribution in [0, 0.1) is 6.92 Å². The fourth-order valence-electron chi connectivity index (χ4n) is 2.36. The summed E-state index contributed by atoms with van der Waals surface area (Å²) in [6.45, 7) is 1.67. The molecule has 0 spiro atoms. The maximum atomic E-state index is 12.3. The number of hydrogen-bond acceptors (Lipinski definition) is 7. The summed E-state index contributed by atoms with van der Waals surface area (Å²) >= 11 is 0. The molecule has 0 fully saturated rings. The second-order valence-electron chi connectivity index (χ2n) is 5.57. The van der Waals surface area contributed by atoms with E-state index in [-0.39, 0.29) is 12.2 Å². The number of pyridine rings is 1. The highest BCUT2D eigenvalue weighted by atomic mass is 16.5. The van der Waals surface area contributed by atoms with E-state index < -0.39 is 23.3 Å². The van der Waals surface area contributed by atoms with E-state index >= 15 is 0 Å². The lowest BCUT2D eigenvalue weighted by molar-refractivity contribution is -0.142. The number of aromatic nitrogens is 3. The smallest absolute Gasteiger partial charge is 0.336 e. The average Bonchev–Trinajstić information content (AvgIpc) is 2.63. The van der Waals surface area contributed by atoms with Crippen molar-refractivity contribution in [3.05, 3.63) is 56.5 Å². The van der Waals surface area contributed by atoms with Crippen LogP contribution in [0.15, 0.2) is 34.0 Å². The number of carbonyl (C=O) groups excluding carboxylic acids is 2. The molecule has 2 heterocycles. The molecular formula is C16H18BN4O5. The zero-order valence-corrected chi connectivity index (χ0v) is 14.6. The fraction of sp³-hybridized carbons (Fsp3) is 0.312. The minimum absolute atomic E-state index is 0.182. The Labute approximate surface area is 149 Å². The minimum atomic E-state index is -0.757. The van der Waals surface area contributed by atoms with Gasteiger partial charge in [-0.15, -0.1) is 0 Å². The Balaban J connectivity index is 2.30. The summed E-state index contributed by atoms with van der Waals surface area (Å²) in [5.41, 5.74) is 0.240. The molecule has 9 nitrogen and oxygen atoms in total. The van der Waals surface area contributed by atoms with Gasteiger partial charge in [0.15, 0.2) is 0 Å². The van der Waals surface area contributed by atoms with Crippen molar-refractivity contribution >= 4 is 19.6 Å². The average molecular weight is 357 g/mol. The van der Waals surface area contributed by atoms with Gasteiger partial charge in [-0.05, 0) is 25.0 Å². The van der Waals surface area contributed by atoms with Gasteiger partial charge in [0.1, 0.15) is 11.9 Å². The number of hydrogen-bond donors (Lipinski definition) is 1. The number of methoxy groups -OCH3 is 1. The Morgan fingerprint density at radius 3 is 2.73 bits per heavy atom. The van der Waals surface area contributed by atoms with E-state index in [0.717, 1.165) is 12.0 Å². The molecule has 2 aromatic rings. The summed E-state index contributed by atoms with van der Waals surface area (Å²) in [6, 6.07) is 3.76. The first kappa shape index (κ1) is 19.3. The lowest BCUT2D eigenvalue weighted by atomic mass is 9.94. The summed E-state index contributed by atoms with van der Waals surface area (Å²) in [4.78, 5) is 50.8. The zero-order valence-electron chi connectivity index (χ0n) is 14.6. The van der Waals surface area contributed by atoms with Crippen molar-refractivity contribution in [3.8, 4) is 5.82 Å². The molecule has 0 unspecified atom stereocenters. The van der Waals surface area contributed by atoms with Crippen molar-refractivity contribution in [2.45, 2.75) is 19.4 Å². The van der Waals surface area contributed by atoms with Crippen LogP contribution in [-0.4, -0.2) is 46.8 Å². The van der Waals surface area contributed by atoms with Crippen LogP contribution >= 0.6 is 0 Å². The second-order valence-corrected chi connectivity index (χ2v) is 5.57. The number of ether oxygens (including phenoxy) is 1. The first-order valence-electron chi connectivity index (χ1n) is 7.75. The van der Waals surface area contributed by atoms with E-state index in [1.54, 1.807) is 20.0 Å². The molecule has 0 bridgehead atoms. The molecule has 0 aliphatic rings. The maximum Gasteiger partial charge on any atom is 0.336 e. The largest absolute Gasteiger partial charge is 0.468 e. The van der Waals surface area contributed by atoms with Crippen LogP contribution < -0.4 is 16.5 Å². The van der Waals surface area contributed by atoms with E-state index in [4.69, 9.17) is 0 Å². The van der Waals surface area contributed by atoms with Gasteiger partial charge in [0.2, 0.25) is 0 Å². The molecule has 10 heteroatoms. The summed E-state index contributed by atoms with van der Waals surface area (Å²) in [5.74, 6) is -0.350. The number of nitrogens with zero attached hydrogens (tertiary/aromatic N) is 3. The fourth-order valence-corrected chi connectivity index (χ4v) is 2.36. The molecule has 135 valence electrons. The molecule has 0 saturated carbocycles. The summed E-state index contributed by atoms with van der Waals surface area (Å²) < 4.78 is 7.00. The highest BCUT2D eigenvalue weighted by molar-refractivity contribution is 6.64. The van der Waals surface area contributed by atoms with E-state index in [2.05, 4.69) is 14.9 Å². The van der Waals surface area contributed by atoms with Crippen LogP contribution in [0.4, 0.5) is 0 Å². The van der Waals surface area contributed by atoms with Crippen LogP contribution in [0.3, 0.4) is 0 Å². The highest BCUT2D eigenvalue weighted by Crippen LogP contribution is 2.06. The third-order valence-electron chi connectivity index (χ3n) is 3.89. The van der Waals surface area contributed by atoms with Gasteiger partial charge in [0.05, 0.1) is 13.3 Å². The topological polar surface area (TPSA) is 112 Å². The summed E-state index contributed by atoms with van der Waals surface area (Å²) in [5, 5.41) is 2.64. The molecule has 26 heavy (non-hydrogen) atoms. The van der Waals surface area contributed by atoms with Gasteiger partial charge in [0.25, 0.3) is 13.0 Å². The van der Waals surface area contributed by atoms with Gasteiger partial charge >= 0.3 is 11.7 Å². The van der Waals surface area contributed by atoms with Gasteiger partial charge in [-0.3, -0.25) is 9.59 Å². The van der Waals surface area contributed by atoms with Gasteiger partial charge in [-0.1, -0.05) is 6.07 Å². The SMILES string of the molecule is COC(=O)[C@H](Cc1ccc(-n2c(=O)cc(C)n(C)c2=O)nc1)N[B]C=O. The Bertz CT molecular complexity index is 920. The van der Waals surface area contributed by atoms with Crippen LogP contribution in [0.5, 0.6) is 0 Å². The third-order valence-corrected chi connectivity index (χ3v) is 3.89. The van der Waals surface area contributed by atoms with Crippen molar-refractivity contribution in [2.24, 2.45) is 7.05 Å². The first-order chi connectivity index (χ1) is 12.4. The number of aryl methyl sites for hydroxylation is 1. The van der Waals surface area contributed by atoms with E-state index in [9.17, 15) is 19.2 Å². The second kappa shape index (κ2) is 8.39. The molecule has 2 rings (SSSR count). The Morgan fingerprint density at radius 1 is 1.42 bits per heavy atom. The molecule has 0 aromatic carbocycles. The molecule has 1 atom stereocenters. The summed E-state index contributed by atoms with van der Waals surface area (Å²) in [6.07, 6.45) is 2.20. The first-order valence-corrected chi connectivity index (χ1v) is 7.75. The van der Waals surface area contributed by atoms with E-state index in [1.165, 1.54) is 30.0 Å². The van der Waals surface area contributed by atoms with E-state index in [1.807, 2.05) is 0 Å². The standard InChI is InChI=1S/C16H18BN4O5/c1-10-6-14(23)21(16(25)20(10)2)13-5-4-11(8-18-13)7-12(15(24)26-3)19-17-9-22/h4-6,8-9,12,19H,7H2,1-3H3/t12-/m0/s1. The van der Waals surface area contributed by atoms with Crippen LogP contribution in [-0.2, 0) is 27.8 Å². The monoisotopic (exact) mass is 357 g/mol. The zero-order chi connectivity index (χ0) is 19.3. The van der Waals surface area contributed by atoms with Crippen LogP contribution in [0.25, 0.3) is 5.82 Å². The predicted octanol–water partition coefficient (Wildman–Crippen LogP) is -1.28. The number of carbonyl (C=O) groups is 2. The Hall–Kier alpha value is -3.01. The Kier molecular flexibility index (Phi) is 6.23. The van der Waals surface area contributed by atoms with Gasteiger partial charge in [-0.25, -0.2) is 14.3 Å². The summed E-state index contributed by atoms with van der Waals surface area (Å²) in [7, 11) is 3.93. The number of esters is 1. The van der Waals surface area contributed by atoms with Crippen molar-refractivity contribution in [2.75, 3.05) is 7.11 Å². The van der Waals surface area contributed by atoms with Crippen LogP contribution in [0.1, 0.15) is 11.3 Å². The van der Waals surface area contributed by atoms with Gasteiger partial charge in [0, 0.05) is 25.0 Å². The van der Waals surface area contributed by atoms with Crippen molar-refractivity contribution in [3.63, 3.8) is 0 Å². The molecule has 0 aliphatic heterocycles. The molecule has 1 radical (unpaired) electrons. The number of rotatable bonds is 7. The quantitative estimate of drug-likeness (QED) is 0.373. The minimum Gasteiger partial charge on any atom is -0.468 e. The molecule has 1 N–H and O–H groups in total. The van der Waals surface area contributed by atoms with Crippen molar-refractivity contribution in [1.82, 2.24) is 19.3 Å². The molecule has 0 aliphatic carbocycles. The van der Waals surface area contributed by atoms with Crippen molar-refractivity contribution in [1.29, 1.82) is 0 Å². The molecule has 0 amide bonds. The van der Waals surface area contributed by atoms with Gasteiger partial charge in [-0.2, -0.15) is 0 Å². The van der Waals surface area contributed by atoms with Crippen molar-refractivity contribution < 1.29 is 14.3 Å². The lowest BCUT2D eigenvalue weighted by Gasteiger charge is -2.15. The number of nitrogens with one attached hydrogen (secondary N) is 1. The molecular weight excluding hydrogens is 339 g/mol. The molecule has 2 aromatic heterocycles. The van der Waals surface area contributed by atoms with Gasteiger partial charge < -0.3 is 19.3 Å². The maximum absolute atomic E-state index is 12.3. The normalized spacial score (nSPS) is 11.7. The highest BCUT2D eigenvalue weighted by Gasteiger charge is 2.19. The van der Waals surface area contributed by atoms with Crippen LogP contribution in [0.2, 0.25) is 0 Å². The Morgan fingerprint density at radius 2 is 2.15 bits per heavy atom. The molecule has 0 saturated heterocycles. The lowest BCUT2D eigenvalue weighted by Crippen LogP contribution is -2.42. The predicted molar refractivity (Wildman–Crippen MR) is 95.0 cm³/mol. The van der Waals surface area contributed by atoms with E-state index in [0.29, 0.717) is 17.4 Å². The third kappa shape index (κ3) is 4.15.